The van der Waals surface area contributed by atoms with Crippen molar-refractivity contribution in [1.82, 2.24) is 19.7 Å². The van der Waals surface area contributed by atoms with Crippen LogP contribution in [0.2, 0.25) is 0 Å². The monoisotopic (exact) mass is 326 g/mol. The van der Waals surface area contributed by atoms with Crippen molar-refractivity contribution in [2.24, 2.45) is 0 Å². The Morgan fingerprint density at radius 3 is 2.91 bits per heavy atom. The third-order valence-corrected chi connectivity index (χ3v) is 5.15. The molecular weight excluding hydrogens is 308 g/mol. The predicted octanol–water partition coefficient (Wildman–Crippen LogP) is 3.48. The molecule has 0 N–H and O–H groups in total. The number of rotatable bonds is 4. The normalized spacial score (nSPS) is 18.3. The molecule has 1 aliphatic heterocycles. The van der Waals surface area contributed by atoms with Gasteiger partial charge in [0.15, 0.2) is 5.65 Å². The topological polar surface area (TPSA) is 52.8 Å². The number of hydrogen-bond donors (Lipinski definition) is 0. The van der Waals surface area contributed by atoms with Crippen LogP contribution in [0.5, 0.6) is 0 Å². The zero-order chi connectivity index (χ0) is 15.5. The summed E-state index contributed by atoms with van der Waals surface area (Å²) in [5.74, 6) is 0.933. The van der Waals surface area contributed by atoms with Crippen LogP contribution in [0.15, 0.2) is 47.9 Å². The van der Waals surface area contributed by atoms with Crippen LogP contribution < -0.4 is 0 Å². The first kappa shape index (κ1) is 14.7. The summed E-state index contributed by atoms with van der Waals surface area (Å²) < 4.78 is 7.66. The highest BCUT2D eigenvalue weighted by Crippen LogP contribution is 2.28. The van der Waals surface area contributed by atoms with Crippen LogP contribution >= 0.6 is 11.8 Å². The van der Waals surface area contributed by atoms with Gasteiger partial charge in [-0.05, 0) is 31.4 Å². The minimum absolute atomic E-state index is 0.336. The maximum absolute atomic E-state index is 5.80. The van der Waals surface area contributed by atoms with Gasteiger partial charge in [0.1, 0.15) is 11.4 Å². The standard InChI is InChI=1S/C17H18N4OS/c1-2-6-13(7-3-1)21-16-15(10-20-21)17(19-12-18-16)23-11-14-8-4-5-9-22-14/h1-3,6-7,10,12,14H,4-5,8-9,11H2. The molecule has 5 nitrogen and oxygen atoms in total. The summed E-state index contributed by atoms with van der Waals surface area (Å²) in [5.41, 5.74) is 1.85. The summed E-state index contributed by atoms with van der Waals surface area (Å²) in [7, 11) is 0. The van der Waals surface area contributed by atoms with Gasteiger partial charge in [-0.25, -0.2) is 14.6 Å². The summed E-state index contributed by atoms with van der Waals surface area (Å²) in [6.07, 6.45) is 7.40. The molecule has 0 bridgehead atoms. The van der Waals surface area contributed by atoms with Gasteiger partial charge in [0.2, 0.25) is 0 Å². The Balaban J connectivity index is 1.60. The average molecular weight is 326 g/mol. The zero-order valence-electron chi connectivity index (χ0n) is 12.8. The van der Waals surface area contributed by atoms with E-state index in [0.29, 0.717) is 6.10 Å². The molecule has 3 heterocycles. The minimum Gasteiger partial charge on any atom is -0.377 e. The molecule has 1 aromatic carbocycles. The van der Waals surface area contributed by atoms with Crippen molar-refractivity contribution >= 4 is 22.8 Å². The van der Waals surface area contributed by atoms with E-state index in [1.54, 1.807) is 18.1 Å². The second-order valence-electron chi connectivity index (χ2n) is 5.61. The Hall–Kier alpha value is -1.92. The number of thioether (sulfide) groups is 1. The Morgan fingerprint density at radius 1 is 1.17 bits per heavy atom. The maximum atomic E-state index is 5.80. The molecule has 1 aliphatic rings. The quantitative estimate of drug-likeness (QED) is 0.543. The van der Waals surface area contributed by atoms with Gasteiger partial charge < -0.3 is 4.74 Å². The van der Waals surface area contributed by atoms with Crippen LogP contribution in [-0.2, 0) is 4.74 Å². The number of fused-ring (bicyclic) bond motifs is 1. The van der Waals surface area contributed by atoms with E-state index >= 15 is 0 Å². The predicted molar refractivity (Wildman–Crippen MR) is 91.0 cm³/mol. The van der Waals surface area contributed by atoms with Crippen LogP contribution in [-0.4, -0.2) is 38.2 Å². The largest absolute Gasteiger partial charge is 0.377 e. The number of benzene rings is 1. The van der Waals surface area contributed by atoms with E-state index < -0.39 is 0 Å². The lowest BCUT2D eigenvalue weighted by Gasteiger charge is -2.21. The number of ether oxygens (including phenoxy) is 1. The molecule has 23 heavy (non-hydrogen) atoms. The smallest absolute Gasteiger partial charge is 0.167 e. The maximum Gasteiger partial charge on any atom is 0.167 e. The third kappa shape index (κ3) is 3.09. The summed E-state index contributed by atoms with van der Waals surface area (Å²) in [6, 6.07) is 10.0. The van der Waals surface area contributed by atoms with Crippen LogP contribution in [0.4, 0.5) is 0 Å². The molecule has 6 heteroatoms. The van der Waals surface area contributed by atoms with Crippen molar-refractivity contribution in [2.45, 2.75) is 30.4 Å². The number of hydrogen-bond acceptors (Lipinski definition) is 5. The number of aromatic nitrogens is 4. The van der Waals surface area contributed by atoms with Gasteiger partial charge in [-0.1, -0.05) is 18.2 Å². The first-order valence-corrected chi connectivity index (χ1v) is 8.89. The van der Waals surface area contributed by atoms with Gasteiger partial charge in [0.25, 0.3) is 0 Å². The summed E-state index contributed by atoms with van der Waals surface area (Å²) in [6.45, 7) is 0.885. The molecule has 4 rings (SSSR count). The SMILES string of the molecule is c1ccc(-n2ncc3c(SCC4CCCCO4)ncnc32)cc1. The van der Waals surface area contributed by atoms with Crippen molar-refractivity contribution in [2.75, 3.05) is 12.4 Å². The molecule has 0 amide bonds. The lowest BCUT2D eigenvalue weighted by atomic mass is 10.1. The lowest BCUT2D eigenvalue weighted by molar-refractivity contribution is 0.0315. The molecule has 0 spiro atoms. The fourth-order valence-electron chi connectivity index (χ4n) is 2.81. The van der Waals surface area contributed by atoms with Crippen molar-refractivity contribution in [1.29, 1.82) is 0 Å². The average Bonchev–Trinajstić information content (AvgIpc) is 3.06. The van der Waals surface area contributed by atoms with Crippen molar-refractivity contribution < 1.29 is 4.74 Å². The van der Waals surface area contributed by atoms with E-state index in [1.807, 2.05) is 41.2 Å². The summed E-state index contributed by atoms with van der Waals surface area (Å²) in [4.78, 5) is 8.86. The Kier molecular flexibility index (Phi) is 4.26. The van der Waals surface area contributed by atoms with Gasteiger partial charge in [-0.3, -0.25) is 0 Å². The first-order valence-electron chi connectivity index (χ1n) is 7.90. The first-order chi connectivity index (χ1) is 11.4. The highest BCUT2D eigenvalue weighted by atomic mass is 32.2. The van der Waals surface area contributed by atoms with E-state index in [4.69, 9.17) is 4.74 Å². The van der Waals surface area contributed by atoms with Gasteiger partial charge in [0.05, 0.1) is 23.4 Å². The van der Waals surface area contributed by atoms with Crippen molar-refractivity contribution in [3.8, 4) is 5.69 Å². The van der Waals surface area contributed by atoms with Crippen molar-refractivity contribution in [3.05, 3.63) is 42.9 Å². The van der Waals surface area contributed by atoms with Crippen LogP contribution in [0.25, 0.3) is 16.7 Å². The molecule has 1 saturated heterocycles. The molecule has 0 saturated carbocycles. The van der Waals surface area contributed by atoms with E-state index in [-0.39, 0.29) is 0 Å². The molecule has 0 aliphatic carbocycles. The van der Waals surface area contributed by atoms with Gasteiger partial charge in [0, 0.05) is 12.4 Å². The van der Waals surface area contributed by atoms with Gasteiger partial charge in [-0.2, -0.15) is 5.10 Å². The van der Waals surface area contributed by atoms with Gasteiger partial charge >= 0.3 is 0 Å². The Morgan fingerprint density at radius 2 is 2.09 bits per heavy atom. The van der Waals surface area contributed by atoms with E-state index in [2.05, 4.69) is 15.1 Å². The number of para-hydroxylation sites is 1. The minimum atomic E-state index is 0.336. The summed E-state index contributed by atoms with van der Waals surface area (Å²) in [5, 5.41) is 6.47. The molecule has 0 radical (unpaired) electrons. The number of nitrogens with zero attached hydrogens (tertiary/aromatic N) is 4. The molecule has 2 aromatic heterocycles. The van der Waals surface area contributed by atoms with E-state index in [0.717, 1.165) is 40.5 Å². The zero-order valence-corrected chi connectivity index (χ0v) is 13.6. The van der Waals surface area contributed by atoms with Crippen LogP contribution in [0, 0.1) is 0 Å². The Labute approximate surface area is 139 Å². The molecule has 3 aromatic rings. The van der Waals surface area contributed by atoms with E-state index in [9.17, 15) is 0 Å². The Bertz CT molecular complexity index is 784. The van der Waals surface area contributed by atoms with E-state index in [1.165, 1.54) is 12.8 Å². The molecular formula is C17H18N4OS. The lowest BCUT2D eigenvalue weighted by Crippen LogP contribution is -2.21. The van der Waals surface area contributed by atoms with Crippen LogP contribution in [0.1, 0.15) is 19.3 Å². The van der Waals surface area contributed by atoms with Crippen molar-refractivity contribution in [3.63, 3.8) is 0 Å². The molecule has 1 unspecified atom stereocenters. The van der Waals surface area contributed by atoms with Crippen LogP contribution in [0.3, 0.4) is 0 Å². The molecule has 118 valence electrons. The molecule has 1 atom stereocenters. The fraction of sp³-hybridized carbons (Fsp3) is 0.353. The second-order valence-corrected chi connectivity index (χ2v) is 6.62. The summed E-state index contributed by atoms with van der Waals surface area (Å²) >= 11 is 1.74. The highest BCUT2D eigenvalue weighted by Gasteiger charge is 2.16. The molecule has 1 fully saturated rings. The third-order valence-electron chi connectivity index (χ3n) is 4.01. The highest BCUT2D eigenvalue weighted by molar-refractivity contribution is 7.99. The van der Waals surface area contributed by atoms with Gasteiger partial charge in [-0.15, -0.1) is 11.8 Å². The second kappa shape index (κ2) is 6.68. The fourth-order valence-corrected chi connectivity index (χ4v) is 3.83.